The summed E-state index contributed by atoms with van der Waals surface area (Å²) in [6.45, 7) is 2.13. The fraction of sp³-hybridized carbons (Fsp3) is 0.357. The van der Waals surface area contributed by atoms with Crippen molar-refractivity contribution in [2.45, 2.75) is 31.1 Å². The van der Waals surface area contributed by atoms with Crippen LogP contribution < -0.4 is 4.72 Å². The van der Waals surface area contributed by atoms with Crippen LogP contribution in [0.25, 0.3) is 0 Å². The zero-order chi connectivity index (χ0) is 14.6. The third-order valence-electron chi connectivity index (χ3n) is 3.01. The number of anilines is 1. The largest absolute Gasteiger partial charge is 0.274 e. The van der Waals surface area contributed by atoms with Gasteiger partial charge in [0.15, 0.2) is 5.82 Å². The van der Waals surface area contributed by atoms with Crippen molar-refractivity contribution in [1.29, 1.82) is 0 Å². The second kappa shape index (κ2) is 6.09. The molecule has 5 nitrogen and oxygen atoms in total. The van der Waals surface area contributed by atoms with Crippen molar-refractivity contribution in [2.24, 2.45) is 7.05 Å². The average molecular weight is 293 g/mol. The second-order valence-electron chi connectivity index (χ2n) is 4.73. The predicted molar refractivity (Wildman–Crippen MR) is 79.1 cm³/mol. The number of hydrogen-bond donors (Lipinski definition) is 1. The minimum absolute atomic E-state index is 0.253. The molecule has 0 atom stereocenters. The first kappa shape index (κ1) is 14.6. The van der Waals surface area contributed by atoms with Crippen molar-refractivity contribution in [3.8, 4) is 0 Å². The summed E-state index contributed by atoms with van der Waals surface area (Å²) >= 11 is 0. The molecule has 0 amide bonds. The van der Waals surface area contributed by atoms with Gasteiger partial charge in [-0.2, -0.15) is 5.10 Å². The Kier molecular flexibility index (Phi) is 4.44. The van der Waals surface area contributed by atoms with E-state index in [-0.39, 0.29) is 4.90 Å². The number of aryl methyl sites for hydroxylation is 2. The third kappa shape index (κ3) is 3.60. The highest BCUT2D eigenvalue weighted by molar-refractivity contribution is 7.92. The second-order valence-corrected chi connectivity index (χ2v) is 6.41. The highest BCUT2D eigenvalue weighted by atomic mass is 32.2. The SMILES string of the molecule is CCCCc1ccc(S(=O)(=O)Nc2ccn(C)n2)cc1. The summed E-state index contributed by atoms with van der Waals surface area (Å²) in [4.78, 5) is 0.253. The lowest BCUT2D eigenvalue weighted by molar-refractivity contribution is 0.601. The van der Waals surface area contributed by atoms with Crippen molar-refractivity contribution in [2.75, 3.05) is 4.72 Å². The monoisotopic (exact) mass is 293 g/mol. The molecular weight excluding hydrogens is 274 g/mol. The van der Waals surface area contributed by atoms with Gasteiger partial charge in [0.2, 0.25) is 0 Å². The number of aromatic nitrogens is 2. The Morgan fingerprint density at radius 3 is 2.45 bits per heavy atom. The molecule has 0 radical (unpaired) electrons. The zero-order valence-corrected chi connectivity index (χ0v) is 12.5. The van der Waals surface area contributed by atoms with Gasteiger partial charge < -0.3 is 0 Å². The molecule has 6 heteroatoms. The molecular formula is C14H19N3O2S. The molecule has 0 aliphatic rings. The maximum atomic E-state index is 12.2. The Morgan fingerprint density at radius 2 is 1.90 bits per heavy atom. The number of sulfonamides is 1. The summed E-state index contributed by atoms with van der Waals surface area (Å²) in [5.74, 6) is 0.322. The topological polar surface area (TPSA) is 64.0 Å². The van der Waals surface area contributed by atoms with Crippen LogP contribution in [0.15, 0.2) is 41.4 Å². The van der Waals surface area contributed by atoms with Crippen LogP contribution in [0.2, 0.25) is 0 Å². The van der Waals surface area contributed by atoms with Crippen molar-refractivity contribution >= 4 is 15.8 Å². The molecule has 0 spiro atoms. The molecule has 0 fully saturated rings. The van der Waals surface area contributed by atoms with E-state index in [9.17, 15) is 8.42 Å². The molecule has 2 aromatic rings. The average Bonchev–Trinajstić information content (AvgIpc) is 2.81. The molecule has 0 bridgehead atoms. The smallest absolute Gasteiger partial charge is 0.263 e. The van der Waals surface area contributed by atoms with Gasteiger partial charge in [-0.1, -0.05) is 25.5 Å². The summed E-state index contributed by atoms with van der Waals surface area (Å²) in [5, 5.41) is 4.01. The van der Waals surface area contributed by atoms with E-state index >= 15 is 0 Å². The predicted octanol–water partition coefficient (Wildman–Crippen LogP) is 2.56. The summed E-state index contributed by atoms with van der Waals surface area (Å²) in [6.07, 6.45) is 4.90. The Morgan fingerprint density at radius 1 is 1.20 bits per heavy atom. The van der Waals surface area contributed by atoms with Crippen LogP contribution in [0.4, 0.5) is 5.82 Å². The van der Waals surface area contributed by atoms with Crippen molar-refractivity contribution in [3.05, 3.63) is 42.1 Å². The molecule has 1 aromatic carbocycles. The molecule has 1 aromatic heterocycles. The van der Waals surface area contributed by atoms with E-state index in [0.29, 0.717) is 5.82 Å². The third-order valence-corrected chi connectivity index (χ3v) is 4.38. The van der Waals surface area contributed by atoms with Crippen LogP contribution in [0.1, 0.15) is 25.3 Å². The molecule has 1 heterocycles. The van der Waals surface area contributed by atoms with Crippen LogP contribution in [0, 0.1) is 0 Å². The van der Waals surface area contributed by atoms with Gasteiger partial charge in [-0.3, -0.25) is 9.40 Å². The van der Waals surface area contributed by atoms with Crippen molar-refractivity contribution < 1.29 is 8.42 Å². The van der Waals surface area contributed by atoms with Gasteiger partial charge in [-0.05, 0) is 30.5 Å². The fourth-order valence-corrected chi connectivity index (χ4v) is 2.88. The first-order valence-electron chi connectivity index (χ1n) is 6.62. The van der Waals surface area contributed by atoms with Crippen LogP contribution in [0.5, 0.6) is 0 Å². The minimum Gasteiger partial charge on any atom is -0.274 e. The van der Waals surface area contributed by atoms with Gasteiger partial charge >= 0.3 is 0 Å². The molecule has 0 aliphatic carbocycles. The number of nitrogens with zero attached hydrogens (tertiary/aromatic N) is 2. The normalized spacial score (nSPS) is 11.5. The lowest BCUT2D eigenvalue weighted by Gasteiger charge is -2.06. The van der Waals surface area contributed by atoms with E-state index in [4.69, 9.17) is 0 Å². The van der Waals surface area contributed by atoms with E-state index in [0.717, 1.165) is 24.8 Å². The van der Waals surface area contributed by atoms with Gasteiger partial charge in [-0.15, -0.1) is 0 Å². The minimum atomic E-state index is -3.56. The zero-order valence-electron chi connectivity index (χ0n) is 11.7. The van der Waals surface area contributed by atoms with E-state index in [2.05, 4.69) is 16.7 Å². The maximum absolute atomic E-state index is 12.2. The molecule has 20 heavy (non-hydrogen) atoms. The lowest BCUT2D eigenvalue weighted by Crippen LogP contribution is -2.13. The Labute approximate surface area is 119 Å². The molecule has 0 saturated carbocycles. The molecule has 0 unspecified atom stereocenters. The van der Waals surface area contributed by atoms with E-state index in [1.54, 1.807) is 36.1 Å². The van der Waals surface area contributed by atoms with E-state index in [1.807, 2.05) is 12.1 Å². The quantitative estimate of drug-likeness (QED) is 0.890. The van der Waals surface area contributed by atoms with Crippen LogP contribution >= 0.6 is 0 Å². The van der Waals surface area contributed by atoms with Gasteiger partial charge in [0.25, 0.3) is 10.0 Å². The molecule has 108 valence electrons. The van der Waals surface area contributed by atoms with Gasteiger partial charge in [0, 0.05) is 19.3 Å². The number of unbranched alkanes of at least 4 members (excludes halogenated alkanes) is 1. The first-order chi connectivity index (χ1) is 9.51. The summed E-state index contributed by atoms with van der Waals surface area (Å²) in [5.41, 5.74) is 1.16. The maximum Gasteiger partial charge on any atom is 0.263 e. The highest BCUT2D eigenvalue weighted by Gasteiger charge is 2.15. The molecule has 1 N–H and O–H groups in total. The van der Waals surface area contributed by atoms with Crippen molar-refractivity contribution in [1.82, 2.24) is 9.78 Å². The number of rotatable bonds is 6. The van der Waals surface area contributed by atoms with Crippen LogP contribution in [-0.2, 0) is 23.5 Å². The lowest BCUT2D eigenvalue weighted by atomic mass is 10.1. The van der Waals surface area contributed by atoms with E-state index in [1.165, 1.54) is 0 Å². The van der Waals surface area contributed by atoms with Gasteiger partial charge in [-0.25, -0.2) is 8.42 Å². The van der Waals surface area contributed by atoms with Gasteiger partial charge in [0.1, 0.15) is 0 Å². The highest BCUT2D eigenvalue weighted by Crippen LogP contribution is 2.16. The standard InChI is InChI=1S/C14H19N3O2S/c1-3-4-5-12-6-8-13(9-7-12)20(18,19)16-14-10-11-17(2)15-14/h6-11H,3-5H2,1-2H3,(H,15,16). The Hall–Kier alpha value is -1.82. The first-order valence-corrected chi connectivity index (χ1v) is 8.11. The molecule has 0 aliphatic heterocycles. The number of benzene rings is 1. The summed E-state index contributed by atoms with van der Waals surface area (Å²) in [6, 6.07) is 8.62. The fourth-order valence-electron chi connectivity index (χ4n) is 1.88. The van der Waals surface area contributed by atoms with E-state index < -0.39 is 10.0 Å². The number of nitrogens with one attached hydrogen (secondary N) is 1. The van der Waals surface area contributed by atoms with Gasteiger partial charge in [0.05, 0.1) is 4.90 Å². The Balaban J connectivity index is 2.13. The van der Waals surface area contributed by atoms with Crippen molar-refractivity contribution in [3.63, 3.8) is 0 Å². The molecule has 2 rings (SSSR count). The summed E-state index contributed by atoms with van der Waals surface area (Å²) < 4.78 is 28.4. The van der Waals surface area contributed by atoms with Crippen LogP contribution in [0.3, 0.4) is 0 Å². The van der Waals surface area contributed by atoms with Crippen LogP contribution in [-0.4, -0.2) is 18.2 Å². The molecule has 0 saturated heterocycles. The number of hydrogen-bond acceptors (Lipinski definition) is 3. The summed E-state index contributed by atoms with van der Waals surface area (Å²) in [7, 11) is -1.83. The Bertz CT molecular complexity index is 660.